The number of furan rings is 1. The van der Waals surface area contributed by atoms with Gasteiger partial charge in [-0.05, 0) is 39.0 Å². The summed E-state index contributed by atoms with van der Waals surface area (Å²) in [5.41, 5.74) is 4.99. The molecular formula is C22H22N4O2S. The lowest BCUT2D eigenvalue weighted by atomic mass is 10.1. The molecule has 7 heteroatoms. The van der Waals surface area contributed by atoms with Crippen molar-refractivity contribution in [2.24, 2.45) is 0 Å². The predicted molar refractivity (Wildman–Crippen MR) is 114 cm³/mol. The Bertz CT molecular complexity index is 1140. The van der Waals surface area contributed by atoms with Gasteiger partial charge in [-0.2, -0.15) is 0 Å². The number of thioether (sulfide) groups is 1. The normalized spacial score (nSPS) is 11.0. The Morgan fingerprint density at radius 1 is 1.07 bits per heavy atom. The maximum Gasteiger partial charge on any atom is 0.196 e. The Labute approximate surface area is 174 Å². The molecule has 6 nitrogen and oxygen atoms in total. The van der Waals surface area contributed by atoms with E-state index >= 15 is 0 Å². The molecular weight excluding hydrogens is 384 g/mol. The average molecular weight is 407 g/mol. The Kier molecular flexibility index (Phi) is 5.40. The van der Waals surface area contributed by atoms with Crippen molar-refractivity contribution in [3.05, 3.63) is 71.4 Å². The third-order valence-corrected chi connectivity index (χ3v) is 5.78. The van der Waals surface area contributed by atoms with E-state index in [9.17, 15) is 0 Å². The Balaban J connectivity index is 1.72. The molecule has 0 N–H and O–H groups in total. The second-order valence-electron chi connectivity index (χ2n) is 6.70. The highest BCUT2D eigenvalue weighted by atomic mass is 32.2. The molecule has 0 radical (unpaired) electrons. The molecule has 0 aliphatic carbocycles. The zero-order valence-electron chi connectivity index (χ0n) is 16.8. The molecule has 0 aliphatic rings. The highest BCUT2D eigenvalue weighted by molar-refractivity contribution is 7.98. The molecule has 0 atom stereocenters. The third kappa shape index (κ3) is 3.65. The van der Waals surface area contributed by atoms with Gasteiger partial charge in [0.25, 0.3) is 0 Å². The molecule has 0 saturated carbocycles. The SMILES string of the molecule is COc1c(C)cnc(CSc2nnc(-c3ccoc3C)n2-c2ccccc2)c1C. The maximum atomic E-state index is 5.53. The van der Waals surface area contributed by atoms with Crippen LogP contribution in [0, 0.1) is 20.8 Å². The minimum atomic E-state index is 0.664. The number of para-hydroxylation sites is 1. The quantitative estimate of drug-likeness (QED) is 0.413. The van der Waals surface area contributed by atoms with Gasteiger partial charge in [-0.3, -0.25) is 9.55 Å². The zero-order chi connectivity index (χ0) is 20.4. The fourth-order valence-electron chi connectivity index (χ4n) is 3.31. The molecule has 3 heterocycles. The van der Waals surface area contributed by atoms with Crippen LogP contribution in [-0.2, 0) is 5.75 Å². The first kappa shape index (κ1) is 19.3. The summed E-state index contributed by atoms with van der Waals surface area (Å²) >= 11 is 1.60. The van der Waals surface area contributed by atoms with Crippen LogP contribution in [0.25, 0.3) is 17.1 Å². The Morgan fingerprint density at radius 3 is 2.55 bits per heavy atom. The molecule has 0 spiro atoms. The van der Waals surface area contributed by atoms with Crippen LogP contribution in [-0.4, -0.2) is 26.9 Å². The van der Waals surface area contributed by atoms with E-state index in [0.717, 1.165) is 50.6 Å². The maximum absolute atomic E-state index is 5.53. The van der Waals surface area contributed by atoms with Crippen molar-refractivity contribution >= 4 is 11.8 Å². The summed E-state index contributed by atoms with van der Waals surface area (Å²) in [5.74, 6) is 3.12. The van der Waals surface area contributed by atoms with E-state index in [2.05, 4.69) is 19.7 Å². The van der Waals surface area contributed by atoms with Crippen molar-refractivity contribution in [3.8, 4) is 22.8 Å². The monoisotopic (exact) mass is 406 g/mol. The Hall–Kier alpha value is -3.06. The van der Waals surface area contributed by atoms with Gasteiger partial charge < -0.3 is 9.15 Å². The topological polar surface area (TPSA) is 66.0 Å². The van der Waals surface area contributed by atoms with E-state index in [1.54, 1.807) is 25.1 Å². The molecule has 1 aromatic carbocycles. The van der Waals surface area contributed by atoms with Crippen LogP contribution in [0.2, 0.25) is 0 Å². The Morgan fingerprint density at radius 2 is 1.86 bits per heavy atom. The number of aromatic nitrogens is 4. The van der Waals surface area contributed by atoms with Gasteiger partial charge in [0, 0.05) is 28.8 Å². The predicted octanol–water partition coefficient (Wildman–Crippen LogP) is 5.15. The van der Waals surface area contributed by atoms with E-state index in [0.29, 0.717) is 5.75 Å². The molecule has 4 rings (SSSR count). The molecule has 4 aromatic rings. The minimum absolute atomic E-state index is 0.664. The first-order chi connectivity index (χ1) is 14.1. The van der Waals surface area contributed by atoms with E-state index < -0.39 is 0 Å². The van der Waals surface area contributed by atoms with Crippen LogP contribution < -0.4 is 4.74 Å². The molecule has 0 unspecified atom stereocenters. The van der Waals surface area contributed by atoms with Crippen LogP contribution >= 0.6 is 11.8 Å². The smallest absolute Gasteiger partial charge is 0.196 e. The van der Waals surface area contributed by atoms with Crippen LogP contribution in [0.4, 0.5) is 0 Å². The number of benzene rings is 1. The standard InChI is InChI=1S/C22H22N4O2S/c1-14-12-23-19(15(2)20(14)27-4)13-29-22-25-24-21(18-10-11-28-16(18)3)26(22)17-8-6-5-7-9-17/h5-12H,13H2,1-4H3. The number of hydrogen-bond donors (Lipinski definition) is 0. The van der Waals surface area contributed by atoms with Crippen molar-refractivity contribution in [3.63, 3.8) is 0 Å². The highest BCUT2D eigenvalue weighted by Crippen LogP contribution is 2.33. The molecule has 0 amide bonds. The lowest BCUT2D eigenvalue weighted by Crippen LogP contribution is -2.01. The van der Waals surface area contributed by atoms with Gasteiger partial charge in [-0.25, -0.2) is 0 Å². The zero-order valence-corrected chi connectivity index (χ0v) is 17.7. The van der Waals surface area contributed by atoms with Crippen molar-refractivity contribution in [1.29, 1.82) is 0 Å². The molecule has 148 valence electrons. The van der Waals surface area contributed by atoms with Gasteiger partial charge in [0.05, 0.1) is 24.6 Å². The van der Waals surface area contributed by atoms with Crippen LogP contribution in [0.15, 0.2) is 58.4 Å². The van der Waals surface area contributed by atoms with E-state index in [1.807, 2.05) is 63.4 Å². The first-order valence-electron chi connectivity index (χ1n) is 9.27. The number of ether oxygens (including phenoxy) is 1. The van der Waals surface area contributed by atoms with E-state index in [1.165, 1.54) is 0 Å². The number of methoxy groups -OCH3 is 1. The van der Waals surface area contributed by atoms with Gasteiger partial charge in [0.1, 0.15) is 11.5 Å². The van der Waals surface area contributed by atoms with Crippen molar-refractivity contribution < 1.29 is 9.15 Å². The second kappa shape index (κ2) is 8.13. The van der Waals surface area contributed by atoms with Gasteiger partial charge in [-0.1, -0.05) is 30.0 Å². The van der Waals surface area contributed by atoms with Crippen molar-refractivity contribution in [1.82, 2.24) is 19.7 Å². The third-order valence-electron chi connectivity index (χ3n) is 4.84. The summed E-state index contributed by atoms with van der Waals surface area (Å²) in [7, 11) is 1.69. The average Bonchev–Trinajstić information content (AvgIpc) is 3.34. The number of hydrogen-bond acceptors (Lipinski definition) is 6. The van der Waals surface area contributed by atoms with Crippen molar-refractivity contribution in [2.75, 3.05) is 7.11 Å². The lowest BCUT2D eigenvalue weighted by Gasteiger charge is -2.13. The summed E-state index contributed by atoms with van der Waals surface area (Å²) in [5, 5.41) is 9.73. The number of nitrogens with zero attached hydrogens (tertiary/aromatic N) is 4. The minimum Gasteiger partial charge on any atom is -0.496 e. The second-order valence-corrected chi connectivity index (χ2v) is 7.64. The van der Waals surface area contributed by atoms with Crippen LogP contribution in [0.3, 0.4) is 0 Å². The molecule has 0 fully saturated rings. The van der Waals surface area contributed by atoms with Crippen LogP contribution in [0.5, 0.6) is 5.75 Å². The van der Waals surface area contributed by atoms with Gasteiger partial charge in [0.15, 0.2) is 11.0 Å². The fourth-order valence-corrected chi connectivity index (χ4v) is 4.29. The molecule has 0 aliphatic heterocycles. The first-order valence-corrected chi connectivity index (χ1v) is 10.3. The number of aryl methyl sites for hydroxylation is 2. The number of pyridine rings is 1. The summed E-state index contributed by atoms with van der Waals surface area (Å²) in [6, 6.07) is 12.0. The van der Waals surface area contributed by atoms with E-state index in [4.69, 9.17) is 9.15 Å². The summed E-state index contributed by atoms with van der Waals surface area (Å²) in [6.45, 7) is 5.97. The summed E-state index contributed by atoms with van der Waals surface area (Å²) < 4.78 is 13.1. The largest absolute Gasteiger partial charge is 0.496 e. The van der Waals surface area contributed by atoms with Gasteiger partial charge in [0.2, 0.25) is 0 Å². The van der Waals surface area contributed by atoms with Gasteiger partial charge >= 0.3 is 0 Å². The fraction of sp³-hybridized carbons (Fsp3) is 0.227. The molecule has 3 aromatic heterocycles. The summed E-state index contributed by atoms with van der Waals surface area (Å²) in [6.07, 6.45) is 3.53. The summed E-state index contributed by atoms with van der Waals surface area (Å²) in [4.78, 5) is 4.60. The molecule has 0 saturated heterocycles. The molecule has 29 heavy (non-hydrogen) atoms. The van der Waals surface area contributed by atoms with Crippen molar-refractivity contribution in [2.45, 2.75) is 31.7 Å². The van der Waals surface area contributed by atoms with Crippen LogP contribution in [0.1, 0.15) is 22.6 Å². The lowest BCUT2D eigenvalue weighted by molar-refractivity contribution is 0.407. The van der Waals surface area contributed by atoms with E-state index in [-0.39, 0.29) is 0 Å². The van der Waals surface area contributed by atoms with Gasteiger partial charge in [-0.15, -0.1) is 10.2 Å². The molecule has 0 bridgehead atoms. The highest BCUT2D eigenvalue weighted by Gasteiger charge is 2.19. The number of rotatable bonds is 6.